The lowest BCUT2D eigenvalue weighted by atomic mass is 9.55. The van der Waals surface area contributed by atoms with Gasteiger partial charge in [-0.3, -0.25) is 0 Å². The summed E-state index contributed by atoms with van der Waals surface area (Å²) in [6.07, 6.45) is 17.5. The van der Waals surface area contributed by atoms with Gasteiger partial charge in [0.05, 0.1) is 0 Å². The highest BCUT2D eigenvalue weighted by molar-refractivity contribution is 4.92. The van der Waals surface area contributed by atoms with Crippen molar-refractivity contribution in [3.05, 3.63) is 0 Å². The van der Waals surface area contributed by atoms with Crippen molar-refractivity contribution in [3.8, 4) is 0 Å². The smallest absolute Gasteiger partial charge is 0.0357 e. The molecule has 0 amide bonds. The molecule has 0 saturated heterocycles. The van der Waals surface area contributed by atoms with Gasteiger partial charge in [0.1, 0.15) is 0 Å². The first-order chi connectivity index (χ1) is 9.72. The standard InChI is InChI=1S/C20H40/c1-5-7-9-11-13-15-19-17(3)20(18(19)4)16-14-12-10-8-6-2/h17-20H,5-16H2,1-4H3. The zero-order chi connectivity index (χ0) is 14.8. The molecule has 0 bridgehead atoms. The van der Waals surface area contributed by atoms with Crippen LogP contribution in [0.3, 0.4) is 0 Å². The molecule has 0 aromatic carbocycles. The molecule has 0 heteroatoms. The molecule has 0 unspecified atom stereocenters. The van der Waals surface area contributed by atoms with Gasteiger partial charge in [0, 0.05) is 0 Å². The zero-order valence-electron chi connectivity index (χ0n) is 14.8. The molecular formula is C20H40. The van der Waals surface area contributed by atoms with Gasteiger partial charge >= 0.3 is 0 Å². The molecule has 0 heterocycles. The Morgan fingerprint density at radius 2 is 0.850 bits per heavy atom. The van der Waals surface area contributed by atoms with Crippen molar-refractivity contribution in [1.82, 2.24) is 0 Å². The summed E-state index contributed by atoms with van der Waals surface area (Å²) in [5.41, 5.74) is 0. The average Bonchev–Trinajstić information content (AvgIpc) is 2.46. The molecule has 0 radical (unpaired) electrons. The Kier molecular flexibility index (Phi) is 9.65. The van der Waals surface area contributed by atoms with Crippen molar-refractivity contribution < 1.29 is 0 Å². The van der Waals surface area contributed by atoms with Gasteiger partial charge in [0.25, 0.3) is 0 Å². The molecule has 1 saturated carbocycles. The predicted octanol–water partition coefficient (Wildman–Crippen LogP) is 7.23. The monoisotopic (exact) mass is 280 g/mol. The van der Waals surface area contributed by atoms with Crippen LogP contribution in [-0.2, 0) is 0 Å². The van der Waals surface area contributed by atoms with E-state index in [1.165, 1.54) is 77.0 Å². The summed E-state index contributed by atoms with van der Waals surface area (Å²) < 4.78 is 0. The van der Waals surface area contributed by atoms with Crippen molar-refractivity contribution in [1.29, 1.82) is 0 Å². The fourth-order valence-electron chi connectivity index (χ4n) is 4.47. The summed E-state index contributed by atoms with van der Waals surface area (Å²) in [4.78, 5) is 0. The third kappa shape index (κ3) is 5.78. The minimum atomic E-state index is 1.02. The van der Waals surface area contributed by atoms with Crippen LogP contribution in [0.2, 0.25) is 0 Å². The van der Waals surface area contributed by atoms with Crippen LogP contribution in [0.4, 0.5) is 0 Å². The van der Waals surface area contributed by atoms with Gasteiger partial charge in [0.2, 0.25) is 0 Å². The van der Waals surface area contributed by atoms with Crippen LogP contribution < -0.4 is 0 Å². The highest BCUT2D eigenvalue weighted by atomic mass is 14.5. The van der Waals surface area contributed by atoms with E-state index in [-0.39, 0.29) is 0 Å². The van der Waals surface area contributed by atoms with E-state index >= 15 is 0 Å². The fraction of sp³-hybridized carbons (Fsp3) is 1.00. The molecule has 1 aliphatic rings. The Morgan fingerprint density at radius 1 is 0.500 bits per heavy atom. The zero-order valence-corrected chi connectivity index (χ0v) is 14.8. The van der Waals surface area contributed by atoms with Gasteiger partial charge in [0.15, 0.2) is 0 Å². The molecule has 0 aromatic heterocycles. The Morgan fingerprint density at radius 3 is 1.20 bits per heavy atom. The van der Waals surface area contributed by atoms with Crippen LogP contribution in [-0.4, -0.2) is 0 Å². The minimum absolute atomic E-state index is 1.02. The summed E-state index contributed by atoms with van der Waals surface area (Å²) in [5, 5.41) is 0. The molecule has 1 aliphatic carbocycles. The van der Waals surface area contributed by atoms with E-state index in [0.29, 0.717) is 0 Å². The first kappa shape index (κ1) is 18.1. The summed E-state index contributed by atoms with van der Waals surface area (Å²) in [6, 6.07) is 0. The highest BCUT2D eigenvalue weighted by Gasteiger charge is 2.43. The lowest BCUT2D eigenvalue weighted by Gasteiger charge is -2.50. The molecule has 1 fully saturated rings. The van der Waals surface area contributed by atoms with Crippen molar-refractivity contribution >= 4 is 0 Å². The second-order valence-electron chi connectivity index (χ2n) is 7.45. The SMILES string of the molecule is CCCCCCCC1C(C)C(CCCCCCC)C1C. The molecule has 120 valence electrons. The summed E-state index contributed by atoms with van der Waals surface area (Å²) >= 11 is 0. The lowest BCUT2D eigenvalue weighted by molar-refractivity contribution is -0.0121. The van der Waals surface area contributed by atoms with Crippen molar-refractivity contribution in [2.75, 3.05) is 0 Å². The first-order valence-corrected chi connectivity index (χ1v) is 9.72. The van der Waals surface area contributed by atoms with Gasteiger partial charge < -0.3 is 0 Å². The van der Waals surface area contributed by atoms with Gasteiger partial charge in [-0.05, 0) is 36.5 Å². The van der Waals surface area contributed by atoms with E-state index < -0.39 is 0 Å². The second-order valence-corrected chi connectivity index (χ2v) is 7.45. The van der Waals surface area contributed by atoms with Crippen molar-refractivity contribution in [2.45, 2.75) is 105 Å². The summed E-state index contributed by atoms with van der Waals surface area (Å²) in [5.74, 6) is 4.14. The van der Waals surface area contributed by atoms with Gasteiger partial charge in [-0.1, -0.05) is 91.9 Å². The second kappa shape index (κ2) is 10.7. The van der Waals surface area contributed by atoms with Crippen molar-refractivity contribution in [2.24, 2.45) is 23.7 Å². The molecule has 0 aliphatic heterocycles. The normalized spacial score (nSPS) is 29.4. The van der Waals surface area contributed by atoms with Gasteiger partial charge in [-0.15, -0.1) is 0 Å². The average molecular weight is 281 g/mol. The van der Waals surface area contributed by atoms with Crippen molar-refractivity contribution in [3.63, 3.8) is 0 Å². The van der Waals surface area contributed by atoms with Gasteiger partial charge in [-0.25, -0.2) is 0 Å². The molecule has 0 nitrogen and oxygen atoms in total. The Bertz CT molecular complexity index is 188. The molecule has 1 rings (SSSR count). The molecule has 0 atom stereocenters. The fourth-order valence-corrected chi connectivity index (χ4v) is 4.47. The first-order valence-electron chi connectivity index (χ1n) is 9.72. The Labute approximate surface area is 129 Å². The van der Waals surface area contributed by atoms with E-state index in [9.17, 15) is 0 Å². The summed E-state index contributed by atoms with van der Waals surface area (Å²) in [6.45, 7) is 9.68. The maximum atomic E-state index is 2.54. The largest absolute Gasteiger partial charge is 0.0654 e. The van der Waals surface area contributed by atoms with E-state index in [4.69, 9.17) is 0 Å². The van der Waals surface area contributed by atoms with E-state index in [1.807, 2.05) is 0 Å². The topological polar surface area (TPSA) is 0 Å². The van der Waals surface area contributed by atoms with Crippen LogP contribution in [0.1, 0.15) is 105 Å². The maximum Gasteiger partial charge on any atom is -0.0357 e. The van der Waals surface area contributed by atoms with Crippen LogP contribution in [0.5, 0.6) is 0 Å². The number of rotatable bonds is 12. The Hall–Kier alpha value is 0. The third-order valence-electron chi connectivity index (χ3n) is 5.98. The van der Waals surface area contributed by atoms with Crippen LogP contribution >= 0.6 is 0 Å². The number of hydrogen-bond donors (Lipinski definition) is 0. The molecule has 20 heavy (non-hydrogen) atoms. The number of hydrogen-bond acceptors (Lipinski definition) is 0. The molecule has 0 N–H and O–H groups in total. The predicted molar refractivity (Wildman–Crippen MR) is 92.1 cm³/mol. The van der Waals surface area contributed by atoms with E-state index in [0.717, 1.165) is 23.7 Å². The quantitative estimate of drug-likeness (QED) is 0.331. The molecule has 0 aromatic rings. The van der Waals surface area contributed by atoms with E-state index in [1.54, 1.807) is 0 Å². The highest BCUT2D eigenvalue weighted by Crippen LogP contribution is 2.50. The minimum Gasteiger partial charge on any atom is -0.0654 e. The third-order valence-corrected chi connectivity index (χ3v) is 5.98. The number of unbranched alkanes of at least 4 members (excludes halogenated alkanes) is 8. The van der Waals surface area contributed by atoms with Gasteiger partial charge in [-0.2, -0.15) is 0 Å². The van der Waals surface area contributed by atoms with Crippen LogP contribution in [0, 0.1) is 23.7 Å². The van der Waals surface area contributed by atoms with E-state index in [2.05, 4.69) is 27.7 Å². The summed E-state index contributed by atoms with van der Waals surface area (Å²) in [7, 11) is 0. The lowest BCUT2D eigenvalue weighted by Crippen LogP contribution is -2.43. The molecular weight excluding hydrogens is 240 g/mol. The van der Waals surface area contributed by atoms with Crippen LogP contribution in [0.25, 0.3) is 0 Å². The maximum absolute atomic E-state index is 2.54. The Balaban J connectivity index is 2.05. The van der Waals surface area contributed by atoms with Crippen LogP contribution in [0.15, 0.2) is 0 Å². The molecule has 0 spiro atoms.